The number of amides is 1. The van der Waals surface area contributed by atoms with Gasteiger partial charge in [-0.3, -0.25) is 4.79 Å². The van der Waals surface area contributed by atoms with Crippen molar-refractivity contribution in [1.82, 2.24) is 4.90 Å². The molecule has 16 heavy (non-hydrogen) atoms. The number of aliphatic hydroxyl groups excluding tert-OH is 1. The quantitative estimate of drug-likeness (QED) is 0.813. The zero-order valence-electron chi connectivity index (χ0n) is 9.73. The van der Waals surface area contributed by atoms with Crippen molar-refractivity contribution in [1.29, 1.82) is 0 Å². The van der Waals surface area contributed by atoms with Crippen LogP contribution in [0.5, 0.6) is 0 Å². The summed E-state index contributed by atoms with van der Waals surface area (Å²) in [5.41, 5.74) is 0. The van der Waals surface area contributed by atoms with Crippen LogP contribution in [0.2, 0.25) is 0 Å². The summed E-state index contributed by atoms with van der Waals surface area (Å²) < 4.78 is 0. The lowest BCUT2D eigenvalue weighted by molar-refractivity contribution is -0.137. The van der Waals surface area contributed by atoms with Crippen LogP contribution in [0.3, 0.4) is 0 Å². The van der Waals surface area contributed by atoms with Crippen molar-refractivity contribution in [3.05, 3.63) is 0 Å². The van der Waals surface area contributed by atoms with Crippen molar-refractivity contribution >= 4 is 17.7 Å². The van der Waals surface area contributed by atoms with Gasteiger partial charge in [-0.25, -0.2) is 0 Å². The van der Waals surface area contributed by atoms with Gasteiger partial charge in [0, 0.05) is 24.3 Å². The summed E-state index contributed by atoms with van der Waals surface area (Å²) in [5, 5.41) is 9.09. The number of aliphatic hydroxyl groups is 1. The number of carbonyl (C=O) groups excluding carboxylic acids is 1. The van der Waals surface area contributed by atoms with Crippen LogP contribution in [-0.4, -0.2) is 46.6 Å². The monoisotopic (exact) mass is 243 g/mol. The van der Waals surface area contributed by atoms with Crippen LogP contribution in [0.25, 0.3) is 0 Å². The van der Waals surface area contributed by atoms with E-state index in [0.29, 0.717) is 18.5 Å². The van der Waals surface area contributed by atoms with Gasteiger partial charge in [0.2, 0.25) is 5.91 Å². The molecule has 3 nitrogen and oxygen atoms in total. The molecule has 2 aliphatic rings. The fraction of sp³-hybridized carbons (Fsp3) is 0.917. The molecule has 0 aromatic rings. The Bertz CT molecular complexity index is 235. The van der Waals surface area contributed by atoms with Crippen molar-refractivity contribution in [2.45, 2.75) is 38.1 Å². The number of rotatable bonds is 4. The summed E-state index contributed by atoms with van der Waals surface area (Å²) in [4.78, 5) is 14.3. The lowest BCUT2D eigenvalue weighted by Gasteiger charge is -2.30. The highest BCUT2D eigenvalue weighted by molar-refractivity contribution is 7.99. The Kier molecular flexibility index (Phi) is 4.53. The van der Waals surface area contributed by atoms with Gasteiger partial charge in [0.05, 0.1) is 6.61 Å². The van der Waals surface area contributed by atoms with E-state index in [9.17, 15) is 4.79 Å². The first kappa shape index (κ1) is 12.2. The molecule has 0 aromatic carbocycles. The molecule has 2 fully saturated rings. The molecule has 0 spiro atoms. The van der Waals surface area contributed by atoms with Crippen molar-refractivity contribution in [3.63, 3.8) is 0 Å². The minimum absolute atomic E-state index is 0.0993. The second kappa shape index (κ2) is 5.92. The standard InChI is InChI=1S/C12H21NO2S/c14-7-6-13(11-3-1-2-4-11)12(15)10-5-8-16-9-10/h10-11,14H,1-9H2. The molecule has 92 valence electrons. The number of nitrogens with zero attached hydrogens (tertiary/aromatic N) is 1. The Morgan fingerprint density at radius 1 is 1.31 bits per heavy atom. The zero-order chi connectivity index (χ0) is 11.4. The molecule has 4 heteroatoms. The molecule has 2 rings (SSSR count). The van der Waals surface area contributed by atoms with E-state index in [4.69, 9.17) is 5.11 Å². The lowest BCUT2D eigenvalue weighted by atomic mass is 10.1. The third-order valence-electron chi connectivity index (χ3n) is 3.67. The summed E-state index contributed by atoms with van der Waals surface area (Å²) in [6.07, 6.45) is 5.76. The van der Waals surface area contributed by atoms with Gasteiger partial charge in [0.1, 0.15) is 0 Å². The molecular formula is C12H21NO2S. The van der Waals surface area contributed by atoms with E-state index in [1.54, 1.807) is 0 Å². The number of carbonyl (C=O) groups is 1. The average Bonchev–Trinajstić information content (AvgIpc) is 2.96. The van der Waals surface area contributed by atoms with E-state index in [0.717, 1.165) is 30.8 Å². The molecular weight excluding hydrogens is 222 g/mol. The molecule has 1 heterocycles. The highest BCUT2D eigenvalue weighted by atomic mass is 32.2. The molecule has 0 bridgehead atoms. The highest BCUT2D eigenvalue weighted by Crippen LogP contribution is 2.29. The van der Waals surface area contributed by atoms with Crippen molar-refractivity contribution in [3.8, 4) is 0 Å². The molecule has 1 atom stereocenters. The summed E-state index contributed by atoms with van der Waals surface area (Å²) in [5.74, 6) is 2.62. The molecule has 1 aliphatic carbocycles. The number of hydrogen-bond donors (Lipinski definition) is 1. The van der Waals surface area contributed by atoms with Crippen LogP contribution in [0.4, 0.5) is 0 Å². The van der Waals surface area contributed by atoms with E-state index in [-0.39, 0.29) is 12.5 Å². The maximum atomic E-state index is 12.3. The minimum Gasteiger partial charge on any atom is -0.395 e. The largest absolute Gasteiger partial charge is 0.395 e. The zero-order valence-corrected chi connectivity index (χ0v) is 10.5. The molecule has 1 unspecified atom stereocenters. The minimum atomic E-state index is 0.0993. The molecule has 1 saturated carbocycles. The Morgan fingerprint density at radius 3 is 2.62 bits per heavy atom. The smallest absolute Gasteiger partial charge is 0.226 e. The fourth-order valence-corrected chi connectivity index (χ4v) is 3.97. The van der Waals surface area contributed by atoms with Crippen LogP contribution in [0.15, 0.2) is 0 Å². The predicted octanol–water partition coefficient (Wildman–Crippen LogP) is 1.50. The maximum absolute atomic E-state index is 12.3. The lowest BCUT2D eigenvalue weighted by Crippen LogP contribution is -2.44. The second-order valence-electron chi connectivity index (χ2n) is 4.75. The van der Waals surface area contributed by atoms with Gasteiger partial charge < -0.3 is 10.0 Å². The van der Waals surface area contributed by atoms with Gasteiger partial charge in [0.15, 0.2) is 0 Å². The van der Waals surface area contributed by atoms with Gasteiger partial charge in [-0.2, -0.15) is 11.8 Å². The van der Waals surface area contributed by atoms with Crippen LogP contribution < -0.4 is 0 Å². The summed E-state index contributed by atoms with van der Waals surface area (Å²) in [7, 11) is 0. The number of hydrogen-bond acceptors (Lipinski definition) is 3. The highest BCUT2D eigenvalue weighted by Gasteiger charge is 2.32. The molecule has 1 aliphatic heterocycles. The van der Waals surface area contributed by atoms with Gasteiger partial charge in [-0.05, 0) is 25.0 Å². The van der Waals surface area contributed by atoms with Crippen LogP contribution in [0, 0.1) is 5.92 Å². The molecule has 1 saturated heterocycles. The van der Waals surface area contributed by atoms with Crippen molar-refractivity contribution < 1.29 is 9.90 Å². The Labute approximate surface area is 102 Å². The van der Waals surface area contributed by atoms with Gasteiger partial charge in [0.25, 0.3) is 0 Å². The first-order valence-corrected chi connectivity index (χ1v) is 7.47. The average molecular weight is 243 g/mol. The van der Waals surface area contributed by atoms with E-state index in [2.05, 4.69) is 0 Å². The molecule has 0 radical (unpaired) electrons. The Balaban J connectivity index is 1.96. The van der Waals surface area contributed by atoms with E-state index >= 15 is 0 Å². The maximum Gasteiger partial charge on any atom is 0.226 e. The van der Waals surface area contributed by atoms with Crippen molar-refractivity contribution in [2.24, 2.45) is 5.92 Å². The first-order chi connectivity index (χ1) is 7.83. The van der Waals surface area contributed by atoms with E-state index < -0.39 is 0 Å². The van der Waals surface area contributed by atoms with Crippen LogP contribution >= 0.6 is 11.8 Å². The van der Waals surface area contributed by atoms with Gasteiger partial charge in [-0.15, -0.1) is 0 Å². The van der Waals surface area contributed by atoms with Crippen LogP contribution in [0.1, 0.15) is 32.1 Å². The van der Waals surface area contributed by atoms with Crippen LogP contribution in [-0.2, 0) is 4.79 Å². The summed E-state index contributed by atoms with van der Waals surface area (Å²) in [6.45, 7) is 0.632. The summed E-state index contributed by atoms with van der Waals surface area (Å²) in [6, 6.07) is 0.408. The van der Waals surface area contributed by atoms with E-state index in [1.165, 1.54) is 12.8 Å². The summed E-state index contributed by atoms with van der Waals surface area (Å²) >= 11 is 1.88. The molecule has 1 amide bonds. The second-order valence-corrected chi connectivity index (χ2v) is 5.90. The Morgan fingerprint density at radius 2 is 2.06 bits per heavy atom. The fourth-order valence-electron chi connectivity index (χ4n) is 2.76. The molecule has 1 N–H and O–H groups in total. The normalized spacial score (nSPS) is 26.2. The van der Waals surface area contributed by atoms with Gasteiger partial charge >= 0.3 is 0 Å². The third kappa shape index (κ3) is 2.72. The third-order valence-corrected chi connectivity index (χ3v) is 4.83. The van der Waals surface area contributed by atoms with Gasteiger partial charge in [-0.1, -0.05) is 12.8 Å². The van der Waals surface area contributed by atoms with Crippen molar-refractivity contribution in [2.75, 3.05) is 24.7 Å². The number of thioether (sulfide) groups is 1. The predicted molar refractivity (Wildman–Crippen MR) is 66.5 cm³/mol. The first-order valence-electron chi connectivity index (χ1n) is 6.32. The van der Waals surface area contributed by atoms with E-state index in [1.807, 2.05) is 16.7 Å². The SMILES string of the molecule is O=C(C1CCSC1)N(CCO)C1CCCC1. The Hall–Kier alpha value is -0.220. The topological polar surface area (TPSA) is 40.5 Å². The molecule has 0 aromatic heterocycles.